The Morgan fingerprint density at radius 2 is 2.07 bits per heavy atom. The predicted octanol–water partition coefficient (Wildman–Crippen LogP) is -0.436. The molecule has 1 unspecified atom stereocenters. The van der Waals surface area contributed by atoms with E-state index in [1.54, 1.807) is 0 Å². The molecular weight excluding hydrogens is 194 g/mol. The van der Waals surface area contributed by atoms with Gasteiger partial charge in [-0.3, -0.25) is 0 Å². The molecule has 2 N–H and O–H groups in total. The SMILES string of the molecule is CN1c2ccccc2CCC1CN.[AlH3].[LiH]. The van der Waals surface area contributed by atoms with Gasteiger partial charge in [-0.15, -0.1) is 0 Å². The van der Waals surface area contributed by atoms with Crippen LogP contribution in [0.1, 0.15) is 12.0 Å². The van der Waals surface area contributed by atoms with Crippen LogP contribution < -0.4 is 10.6 Å². The molecule has 0 aliphatic carbocycles. The quantitative estimate of drug-likeness (QED) is 0.642. The monoisotopic (exact) mass is 214 g/mol. The summed E-state index contributed by atoms with van der Waals surface area (Å²) in [6.07, 6.45) is 2.35. The molecule has 15 heavy (non-hydrogen) atoms. The van der Waals surface area contributed by atoms with E-state index in [1.165, 1.54) is 24.1 Å². The van der Waals surface area contributed by atoms with E-state index < -0.39 is 0 Å². The number of nitrogens with two attached hydrogens (primary N) is 1. The number of hydrogen-bond donors (Lipinski definition) is 1. The molecule has 1 aliphatic heterocycles. The standard InChI is InChI=1S/C11H16N2.Al.Li.4H/c1-13-10(8-12)7-6-9-4-2-3-5-11(9)13;;;;;;/h2-5,10H,6-8,12H2,1H3;;;;;;. The molecule has 0 radical (unpaired) electrons. The Labute approximate surface area is 115 Å². The second kappa shape index (κ2) is 6.64. The van der Waals surface area contributed by atoms with Crippen LogP contribution in [0.2, 0.25) is 0 Å². The topological polar surface area (TPSA) is 29.3 Å². The zero-order valence-corrected chi connectivity index (χ0v) is 8.03. The van der Waals surface area contributed by atoms with Gasteiger partial charge < -0.3 is 10.6 Å². The summed E-state index contributed by atoms with van der Waals surface area (Å²) in [7, 11) is 2.13. The molecule has 0 bridgehead atoms. The van der Waals surface area contributed by atoms with Gasteiger partial charge in [0, 0.05) is 25.3 Å². The molecule has 0 spiro atoms. The fraction of sp³-hybridized carbons (Fsp3) is 0.455. The van der Waals surface area contributed by atoms with E-state index in [-0.39, 0.29) is 36.2 Å². The van der Waals surface area contributed by atoms with E-state index in [1.807, 2.05) is 0 Å². The van der Waals surface area contributed by atoms with E-state index in [2.05, 4.69) is 36.2 Å². The number of fused-ring (bicyclic) bond motifs is 1. The first-order valence-electron chi connectivity index (χ1n) is 4.83. The maximum absolute atomic E-state index is 5.71. The van der Waals surface area contributed by atoms with Crippen LogP contribution in [0, 0.1) is 0 Å². The normalized spacial score (nSPS) is 18.5. The van der Waals surface area contributed by atoms with Crippen molar-refractivity contribution in [2.24, 2.45) is 5.73 Å². The molecule has 0 fully saturated rings. The maximum atomic E-state index is 5.71. The summed E-state index contributed by atoms with van der Waals surface area (Å²) in [5.74, 6) is 0. The van der Waals surface area contributed by atoms with Crippen LogP contribution in [0.25, 0.3) is 0 Å². The molecule has 1 aliphatic rings. The van der Waals surface area contributed by atoms with Crippen LogP contribution >= 0.6 is 0 Å². The van der Waals surface area contributed by atoms with Crippen molar-refractivity contribution in [3.63, 3.8) is 0 Å². The first kappa shape index (κ1) is 15.1. The molecule has 1 heterocycles. The third-order valence-electron chi connectivity index (χ3n) is 2.94. The van der Waals surface area contributed by atoms with Crippen molar-refractivity contribution in [3.8, 4) is 0 Å². The molecule has 2 rings (SSSR count). The van der Waals surface area contributed by atoms with E-state index in [0.29, 0.717) is 6.04 Å². The minimum absolute atomic E-state index is 0. The van der Waals surface area contributed by atoms with Gasteiger partial charge in [0.2, 0.25) is 0 Å². The van der Waals surface area contributed by atoms with Crippen LogP contribution in [-0.2, 0) is 6.42 Å². The van der Waals surface area contributed by atoms with Crippen LogP contribution in [0.3, 0.4) is 0 Å². The molecule has 0 aromatic heterocycles. The predicted molar refractivity (Wildman–Crippen MR) is 73.1 cm³/mol. The molecule has 0 amide bonds. The zero-order valence-electron chi connectivity index (χ0n) is 8.03. The van der Waals surface area contributed by atoms with Crippen molar-refractivity contribution in [1.82, 2.24) is 0 Å². The van der Waals surface area contributed by atoms with Gasteiger partial charge in [-0.25, -0.2) is 0 Å². The second-order valence-electron chi connectivity index (χ2n) is 3.67. The number of likely N-dealkylation sites (N-methyl/N-ethyl adjacent to an activating group) is 1. The van der Waals surface area contributed by atoms with Crippen LogP contribution in [0.15, 0.2) is 24.3 Å². The molecular formula is C11H20AlLiN2. The molecule has 1 aromatic carbocycles. The summed E-state index contributed by atoms with van der Waals surface area (Å²) in [4.78, 5) is 2.30. The van der Waals surface area contributed by atoms with Crippen molar-refractivity contribution in [1.29, 1.82) is 0 Å². The van der Waals surface area contributed by atoms with Gasteiger partial charge in [-0.05, 0) is 24.5 Å². The summed E-state index contributed by atoms with van der Waals surface area (Å²) in [6, 6.07) is 9.11. The summed E-state index contributed by atoms with van der Waals surface area (Å²) >= 11 is 0. The Hall–Kier alpha value is 0.110. The van der Waals surface area contributed by atoms with Crippen LogP contribution in [-0.4, -0.2) is 55.9 Å². The Bertz CT molecular complexity index is 306. The Morgan fingerprint density at radius 1 is 1.40 bits per heavy atom. The van der Waals surface area contributed by atoms with E-state index in [4.69, 9.17) is 5.73 Å². The van der Waals surface area contributed by atoms with Crippen LogP contribution in [0.5, 0.6) is 0 Å². The summed E-state index contributed by atoms with van der Waals surface area (Å²) in [6.45, 7) is 0.755. The first-order chi connectivity index (χ1) is 6.33. The molecule has 4 heteroatoms. The Morgan fingerprint density at radius 3 is 2.73 bits per heavy atom. The molecule has 2 nitrogen and oxygen atoms in total. The third kappa shape index (κ3) is 3.04. The van der Waals surface area contributed by atoms with Gasteiger partial charge in [0.15, 0.2) is 17.4 Å². The summed E-state index contributed by atoms with van der Waals surface area (Å²) in [5, 5.41) is 0. The van der Waals surface area contributed by atoms with Crippen molar-refractivity contribution in [3.05, 3.63) is 29.8 Å². The van der Waals surface area contributed by atoms with E-state index in [0.717, 1.165) is 6.54 Å². The number of hydrogen-bond acceptors (Lipinski definition) is 2. The van der Waals surface area contributed by atoms with Crippen molar-refractivity contribution < 1.29 is 0 Å². The number of rotatable bonds is 1. The average Bonchev–Trinajstić information content (AvgIpc) is 2.19. The molecule has 1 aromatic rings. The number of anilines is 1. The van der Waals surface area contributed by atoms with Gasteiger partial charge in [-0.1, -0.05) is 18.2 Å². The number of aryl methyl sites for hydroxylation is 1. The fourth-order valence-electron chi connectivity index (χ4n) is 2.05. The molecule has 78 valence electrons. The molecule has 0 saturated carbocycles. The Balaban J connectivity index is 0.000000980. The van der Waals surface area contributed by atoms with Gasteiger partial charge in [0.25, 0.3) is 0 Å². The minimum atomic E-state index is 0. The third-order valence-corrected chi connectivity index (χ3v) is 2.94. The fourth-order valence-corrected chi connectivity index (χ4v) is 2.05. The van der Waals surface area contributed by atoms with E-state index in [9.17, 15) is 0 Å². The van der Waals surface area contributed by atoms with Crippen LogP contribution in [0.4, 0.5) is 5.69 Å². The van der Waals surface area contributed by atoms with Gasteiger partial charge >= 0.3 is 18.9 Å². The van der Waals surface area contributed by atoms with Gasteiger partial charge in [0.05, 0.1) is 0 Å². The first-order valence-corrected chi connectivity index (χ1v) is 4.83. The zero-order chi connectivity index (χ0) is 9.26. The Kier molecular flexibility index (Phi) is 6.69. The van der Waals surface area contributed by atoms with Gasteiger partial charge in [-0.2, -0.15) is 0 Å². The van der Waals surface area contributed by atoms with Crippen molar-refractivity contribution in [2.75, 3.05) is 18.5 Å². The number of para-hydroxylation sites is 1. The van der Waals surface area contributed by atoms with Gasteiger partial charge in [0.1, 0.15) is 0 Å². The number of nitrogens with zero attached hydrogens (tertiary/aromatic N) is 1. The van der Waals surface area contributed by atoms with Crippen molar-refractivity contribution >= 4 is 41.9 Å². The second-order valence-corrected chi connectivity index (χ2v) is 3.67. The van der Waals surface area contributed by atoms with E-state index >= 15 is 0 Å². The summed E-state index contributed by atoms with van der Waals surface area (Å²) in [5.41, 5.74) is 8.51. The molecule has 1 atom stereocenters. The molecule has 0 saturated heterocycles. The van der Waals surface area contributed by atoms with Crippen molar-refractivity contribution in [2.45, 2.75) is 18.9 Å². The summed E-state index contributed by atoms with van der Waals surface area (Å²) < 4.78 is 0. The average molecular weight is 214 g/mol. The number of benzene rings is 1.